The van der Waals surface area contributed by atoms with E-state index in [2.05, 4.69) is 5.32 Å². The van der Waals surface area contributed by atoms with Gasteiger partial charge in [0.2, 0.25) is 0 Å². The SMILES string of the molecule is CNC(CCSc1ccccc1F)C(=O)O. The van der Waals surface area contributed by atoms with Crippen LogP contribution in [0.25, 0.3) is 0 Å². The fraction of sp³-hybridized carbons (Fsp3) is 0.364. The molecule has 1 atom stereocenters. The van der Waals surface area contributed by atoms with Crippen molar-refractivity contribution < 1.29 is 14.3 Å². The van der Waals surface area contributed by atoms with Gasteiger partial charge in [-0.05, 0) is 25.6 Å². The molecule has 1 unspecified atom stereocenters. The predicted molar refractivity (Wildman–Crippen MR) is 62.2 cm³/mol. The maximum atomic E-state index is 13.2. The van der Waals surface area contributed by atoms with Gasteiger partial charge in [-0.25, -0.2) is 4.39 Å². The lowest BCUT2D eigenvalue weighted by Gasteiger charge is -2.10. The minimum absolute atomic E-state index is 0.260. The van der Waals surface area contributed by atoms with E-state index >= 15 is 0 Å². The van der Waals surface area contributed by atoms with E-state index in [-0.39, 0.29) is 5.82 Å². The fourth-order valence-electron chi connectivity index (χ4n) is 1.24. The number of halogens is 1. The second-order valence-electron chi connectivity index (χ2n) is 3.25. The molecule has 5 heteroatoms. The standard InChI is InChI=1S/C11H14FNO2S/c1-13-9(11(14)15)6-7-16-10-5-3-2-4-8(10)12/h2-5,9,13H,6-7H2,1H3,(H,14,15). The summed E-state index contributed by atoms with van der Waals surface area (Å²) in [7, 11) is 1.60. The van der Waals surface area contributed by atoms with E-state index in [1.165, 1.54) is 17.8 Å². The number of nitrogens with one attached hydrogen (secondary N) is 1. The summed E-state index contributed by atoms with van der Waals surface area (Å²) in [5, 5.41) is 11.5. The molecule has 1 aromatic carbocycles. The van der Waals surface area contributed by atoms with Crippen LogP contribution in [-0.2, 0) is 4.79 Å². The zero-order valence-electron chi connectivity index (χ0n) is 8.94. The molecule has 3 nitrogen and oxygen atoms in total. The Bertz CT molecular complexity index is 360. The molecular weight excluding hydrogens is 229 g/mol. The zero-order valence-corrected chi connectivity index (χ0v) is 9.76. The Hall–Kier alpha value is -1.07. The van der Waals surface area contributed by atoms with E-state index in [0.717, 1.165) is 0 Å². The summed E-state index contributed by atoms with van der Waals surface area (Å²) in [5.41, 5.74) is 0. The van der Waals surface area contributed by atoms with Crippen LogP contribution in [0.4, 0.5) is 4.39 Å². The van der Waals surface area contributed by atoms with Gasteiger partial charge in [-0.15, -0.1) is 11.8 Å². The highest BCUT2D eigenvalue weighted by Crippen LogP contribution is 2.22. The third kappa shape index (κ3) is 3.83. The van der Waals surface area contributed by atoms with Gasteiger partial charge in [-0.1, -0.05) is 12.1 Å². The molecule has 0 aliphatic carbocycles. The van der Waals surface area contributed by atoms with Crippen molar-refractivity contribution in [3.05, 3.63) is 30.1 Å². The molecule has 0 aliphatic rings. The van der Waals surface area contributed by atoms with Crippen LogP contribution in [0.5, 0.6) is 0 Å². The topological polar surface area (TPSA) is 49.3 Å². The number of likely N-dealkylation sites (N-methyl/N-ethyl adjacent to an activating group) is 1. The smallest absolute Gasteiger partial charge is 0.320 e. The van der Waals surface area contributed by atoms with E-state index in [1.54, 1.807) is 25.2 Å². The van der Waals surface area contributed by atoms with E-state index in [0.29, 0.717) is 17.1 Å². The number of carboxylic acids is 1. The molecule has 0 fully saturated rings. The van der Waals surface area contributed by atoms with Crippen molar-refractivity contribution in [2.75, 3.05) is 12.8 Å². The van der Waals surface area contributed by atoms with Gasteiger partial charge in [0, 0.05) is 10.6 Å². The number of hydrogen-bond acceptors (Lipinski definition) is 3. The number of carboxylic acid groups (broad SMARTS) is 1. The van der Waals surface area contributed by atoms with Gasteiger partial charge in [0.1, 0.15) is 11.9 Å². The van der Waals surface area contributed by atoms with Crippen molar-refractivity contribution in [3.8, 4) is 0 Å². The fourth-order valence-corrected chi connectivity index (χ4v) is 2.19. The van der Waals surface area contributed by atoms with Gasteiger partial charge < -0.3 is 10.4 Å². The number of rotatable bonds is 6. The first-order valence-electron chi connectivity index (χ1n) is 4.92. The maximum absolute atomic E-state index is 13.2. The molecule has 0 radical (unpaired) electrons. The third-order valence-corrected chi connectivity index (χ3v) is 3.23. The van der Waals surface area contributed by atoms with Gasteiger partial charge in [0.15, 0.2) is 0 Å². The molecule has 0 aromatic heterocycles. The van der Waals surface area contributed by atoms with Crippen molar-refractivity contribution in [2.24, 2.45) is 0 Å². The lowest BCUT2D eigenvalue weighted by Crippen LogP contribution is -2.34. The Morgan fingerprint density at radius 3 is 2.81 bits per heavy atom. The van der Waals surface area contributed by atoms with Gasteiger partial charge in [-0.3, -0.25) is 4.79 Å². The second kappa shape index (κ2) is 6.50. The molecule has 1 aromatic rings. The van der Waals surface area contributed by atoms with Crippen LogP contribution in [0.3, 0.4) is 0 Å². The quantitative estimate of drug-likeness (QED) is 0.750. The average molecular weight is 243 g/mol. The molecule has 0 amide bonds. The van der Waals surface area contributed by atoms with Gasteiger partial charge in [0.05, 0.1) is 0 Å². The highest BCUT2D eigenvalue weighted by Gasteiger charge is 2.14. The molecular formula is C11H14FNO2S. The Kier molecular flexibility index (Phi) is 5.28. The minimum Gasteiger partial charge on any atom is -0.480 e. The summed E-state index contributed by atoms with van der Waals surface area (Å²) in [6.45, 7) is 0. The summed E-state index contributed by atoms with van der Waals surface area (Å²) < 4.78 is 13.2. The van der Waals surface area contributed by atoms with Crippen LogP contribution in [0.15, 0.2) is 29.2 Å². The first-order valence-corrected chi connectivity index (χ1v) is 5.91. The molecule has 16 heavy (non-hydrogen) atoms. The molecule has 0 saturated carbocycles. The summed E-state index contributed by atoms with van der Waals surface area (Å²) in [6, 6.07) is 5.91. The lowest BCUT2D eigenvalue weighted by atomic mass is 10.2. The molecule has 0 saturated heterocycles. The van der Waals surface area contributed by atoms with E-state index < -0.39 is 12.0 Å². The molecule has 0 heterocycles. The van der Waals surface area contributed by atoms with Crippen molar-refractivity contribution in [3.63, 3.8) is 0 Å². The molecule has 1 rings (SSSR count). The van der Waals surface area contributed by atoms with Crippen LogP contribution < -0.4 is 5.32 Å². The van der Waals surface area contributed by atoms with Crippen LogP contribution in [0, 0.1) is 5.82 Å². The van der Waals surface area contributed by atoms with Crippen LogP contribution in [0.1, 0.15) is 6.42 Å². The molecule has 0 aliphatic heterocycles. The largest absolute Gasteiger partial charge is 0.480 e. The number of benzene rings is 1. The normalized spacial score (nSPS) is 12.4. The highest BCUT2D eigenvalue weighted by molar-refractivity contribution is 7.99. The molecule has 2 N–H and O–H groups in total. The van der Waals surface area contributed by atoms with Crippen molar-refractivity contribution in [2.45, 2.75) is 17.4 Å². The Morgan fingerprint density at radius 2 is 2.25 bits per heavy atom. The van der Waals surface area contributed by atoms with Gasteiger partial charge in [0.25, 0.3) is 0 Å². The van der Waals surface area contributed by atoms with E-state index in [9.17, 15) is 9.18 Å². The monoisotopic (exact) mass is 243 g/mol. The van der Waals surface area contributed by atoms with E-state index in [1.807, 2.05) is 0 Å². The first kappa shape index (κ1) is 13.0. The summed E-state index contributed by atoms with van der Waals surface area (Å²) in [5.74, 6) is -0.570. The van der Waals surface area contributed by atoms with Crippen molar-refractivity contribution in [1.29, 1.82) is 0 Å². The Balaban J connectivity index is 2.41. The van der Waals surface area contributed by atoms with Crippen LogP contribution in [-0.4, -0.2) is 29.9 Å². The van der Waals surface area contributed by atoms with Crippen LogP contribution in [0.2, 0.25) is 0 Å². The van der Waals surface area contributed by atoms with E-state index in [4.69, 9.17) is 5.11 Å². The van der Waals surface area contributed by atoms with Crippen LogP contribution >= 0.6 is 11.8 Å². The number of aliphatic carboxylic acids is 1. The second-order valence-corrected chi connectivity index (χ2v) is 4.38. The molecule has 88 valence electrons. The summed E-state index contributed by atoms with van der Waals surface area (Å²) >= 11 is 1.33. The van der Waals surface area contributed by atoms with Crippen molar-refractivity contribution >= 4 is 17.7 Å². The number of carbonyl (C=O) groups is 1. The summed E-state index contributed by atoms with van der Waals surface area (Å²) in [6.07, 6.45) is 0.463. The first-order chi connectivity index (χ1) is 7.65. The average Bonchev–Trinajstić information content (AvgIpc) is 2.26. The minimum atomic E-state index is -0.878. The third-order valence-electron chi connectivity index (χ3n) is 2.15. The summed E-state index contributed by atoms with van der Waals surface area (Å²) in [4.78, 5) is 11.3. The molecule has 0 spiro atoms. The van der Waals surface area contributed by atoms with Gasteiger partial charge in [-0.2, -0.15) is 0 Å². The van der Waals surface area contributed by atoms with Crippen molar-refractivity contribution in [1.82, 2.24) is 5.32 Å². The van der Waals surface area contributed by atoms with Gasteiger partial charge >= 0.3 is 5.97 Å². The lowest BCUT2D eigenvalue weighted by molar-refractivity contribution is -0.139. The Labute approximate surface area is 98.1 Å². The number of hydrogen-bond donors (Lipinski definition) is 2. The Morgan fingerprint density at radius 1 is 1.56 bits per heavy atom. The predicted octanol–water partition coefficient (Wildman–Crippen LogP) is 1.98. The molecule has 0 bridgehead atoms. The zero-order chi connectivity index (χ0) is 12.0. The maximum Gasteiger partial charge on any atom is 0.320 e. The number of thioether (sulfide) groups is 1. The highest BCUT2D eigenvalue weighted by atomic mass is 32.2.